The molecule has 1 atom stereocenters. The van der Waals surface area contributed by atoms with Crippen molar-refractivity contribution in [1.82, 2.24) is 19.8 Å². The maximum Gasteiger partial charge on any atom is 0.410 e. The number of nitrogens with zero attached hydrogens (tertiary/aromatic N) is 3. The second-order valence-electron chi connectivity index (χ2n) is 12.6. The van der Waals surface area contributed by atoms with Crippen LogP contribution in [0.25, 0.3) is 22.2 Å². The van der Waals surface area contributed by atoms with Gasteiger partial charge in [-0.2, -0.15) is 0 Å². The number of amides is 2. The first-order chi connectivity index (χ1) is 19.0. The minimum atomic E-state index is -0.611. The molecular formula is C31H38N4O5. The highest BCUT2D eigenvalue weighted by Gasteiger charge is 2.45. The summed E-state index contributed by atoms with van der Waals surface area (Å²) < 4.78 is 17.1. The molecule has 1 unspecified atom stereocenters. The predicted molar refractivity (Wildman–Crippen MR) is 151 cm³/mol. The molecule has 9 nitrogen and oxygen atoms in total. The Hall–Kier alpha value is -3.43. The molecule has 1 N–H and O–H groups in total. The lowest BCUT2D eigenvalue weighted by Gasteiger charge is -2.43. The molecule has 3 aliphatic rings. The number of carbonyl (C=O) groups excluding carboxylic acids is 2. The van der Waals surface area contributed by atoms with E-state index in [2.05, 4.69) is 35.1 Å². The summed E-state index contributed by atoms with van der Waals surface area (Å²) in [6, 6.07) is 6.21. The van der Waals surface area contributed by atoms with Crippen LogP contribution in [-0.4, -0.2) is 76.9 Å². The molecule has 2 saturated heterocycles. The fourth-order valence-corrected chi connectivity index (χ4v) is 5.94. The van der Waals surface area contributed by atoms with E-state index < -0.39 is 11.0 Å². The first-order valence-corrected chi connectivity index (χ1v) is 14.1. The Morgan fingerprint density at radius 1 is 1.12 bits per heavy atom. The van der Waals surface area contributed by atoms with Crippen molar-refractivity contribution in [3.8, 4) is 11.1 Å². The standard InChI is InChI=1S/C31H38N4O5/c1-19-13-32-27-23(19)12-22(14-33-27)21-10-20-6-7-34(28(36)31(5)17-39-18-31)15-25(20)24(11-21)26-16-38-9-8-35(26)29(37)40-30(2,3)4/h10-14,26H,6-9,15-18H2,1-5H3,(H,32,33). The van der Waals surface area contributed by atoms with E-state index in [0.717, 1.165) is 45.3 Å². The van der Waals surface area contributed by atoms with Crippen LogP contribution in [-0.2, 0) is 32.0 Å². The average Bonchev–Trinajstić information content (AvgIpc) is 3.29. The number of hydrogen-bond acceptors (Lipinski definition) is 6. The first kappa shape index (κ1) is 26.8. The number of rotatable bonds is 3. The van der Waals surface area contributed by atoms with Gasteiger partial charge in [0.05, 0.1) is 37.9 Å². The zero-order chi connectivity index (χ0) is 28.2. The highest BCUT2D eigenvalue weighted by molar-refractivity contribution is 5.85. The summed E-state index contributed by atoms with van der Waals surface area (Å²) in [5, 5.41) is 1.08. The summed E-state index contributed by atoms with van der Waals surface area (Å²) in [5.41, 5.74) is 6.24. The molecule has 2 amide bonds. The Balaban J connectivity index is 1.44. The number of ether oxygens (including phenoxy) is 3. The maximum absolute atomic E-state index is 13.5. The van der Waals surface area contributed by atoms with E-state index in [0.29, 0.717) is 46.1 Å². The van der Waals surface area contributed by atoms with Gasteiger partial charge in [0, 0.05) is 43.0 Å². The number of nitrogens with one attached hydrogen (secondary N) is 1. The number of H-pyrrole nitrogens is 1. The predicted octanol–water partition coefficient (Wildman–Crippen LogP) is 4.77. The number of pyridine rings is 1. The van der Waals surface area contributed by atoms with Gasteiger partial charge in [0.25, 0.3) is 0 Å². The third kappa shape index (κ3) is 4.86. The molecule has 9 heteroatoms. The maximum atomic E-state index is 13.5. The third-order valence-electron chi connectivity index (χ3n) is 8.21. The molecule has 2 fully saturated rings. The molecule has 0 saturated carbocycles. The van der Waals surface area contributed by atoms with Crippen LogP contribution in [0.3, 0.4) is 0 Å². The van der Waals surface area contributed by atoms with Gasteiger partial charge in [0.1, 0.15) is 11.2 Å². The lowest BCUT2D eigenvalue weighted by molar-refractivity contribution is -0.169. The van der Waals surface area contributed by atoms with Crippen LogP contribution >= 0.6 is 0 Å². The Bertz CT molecular complexity index is 1470. The summed E-state index contributed by atoms with van der Waals surface area (Å²) in [5.74, 6) is 0.126. The lowest BCUT2D eigenvalue weighted by Crippen LogP contribution is -2.54. The van der Waals surface area contributed by atoms with E-state index in [4.69, 9.17) is 14.2 Å². The van der Waals surface area contributed by atoms with Crippen LogP contribution in [0, 0.1) is 12.3 Å². The van der Waals surface area contributed by atoms with Gasteiger partial charge in [-0.3, -0.25) is 9.69 Å². The van der Waals surface area contributed by atoms with Crippen molar-refractivity contribution in [3.63, 3.8) is 0 Å². The minimum absolute atomic E-state index is 0.126. The summed E-state index contributed by atoms with van der Waals surface area (Å²) in [6.07, 6.45) is 4.24. The zero-order valence-corrected chi connectivity index (χ0v) is 24.0. The van der Waals surface area contributed by atoms with Crippen LogP contribution in [0.1, 0.15) is 56.0 Å². The van der Waals surface area contributed by atoms with Crippen LogP contribution < -0.4 is 0 Å². The number of hydrogen-bond donors (Lipinski definition) is 1. The second kappa shape index (κ2) is 9.89. The molecule has 0 bridgehead atoms. The van der Waals surface area contributed by atoms with Crippen LogP contribution in [0.2, 0.25) is 0 Å². The molecule has 0 spiro atoms. The molecule has 0 radical (unpaired) electrons. The number of benzene rings is 1. The fraction of sp³-hybridized carbons (Fsp3) is 0.516. The van der Waals surface area contributed by atoms with Gasteiger partial charge in [0.2, 0.25) is 5.91 Å². The molecule has 0 aliphatic carbocycles. The third-order valence-corrected chi connectivity index (χ3v) is 8.21. The van der Waals surface area contributed by atoms with Crippen LogP contribution in [0.4, 0.5) is 4.79 Å². The molecular weight excluding hydrogens is 508 g/mol. The van der Waals surface area contributed by atoms with Gasteiger partial charge in [-0.25, -0.2) is 9.78 Å². The monoisotopic (exact) mass is 546 g/mol. The second-order valence-corrected chi connectivity index (χ2v) is 12.6. The average molecular weight is 547 g/mol. The molecule has 1 aromatic carbocycles. The van der Waals surface area contributed by atoms with Crippen LogP contribution in [0.5, 0.6) is 0 Å². The number of fused-ring (bicyclic) bond motifs is 2. The molecule has 5 heterocycles. The number of carbonyl (C=O) groups is 2. The van der Waals surface area contributed by atoms with Crippen molar-refractivity contribution in [1.29, 1.82) is 0 Å². The minimum Gasteiger partial charge on any atom is -0.444 e. The molecule has 40 heavy (non-hydrogen) atoms. The SMILES string of the molecule is Cc1c[nH]c2ncc(-c3cc4c(c(C5COCCN5C(=O)OC(C)(C)C)c3)CN(C(=O)C3(C)COC3)CC4)cc12. The molecule has 3 aromatic rings. The quantitative estimate of drug-likeness (QED) is 0.509. The van der Waals surface area contributed by atoms with E-state index in [-0.39, 0.29) is 18.0 Å². The Morgan fingerprint density at radius 3 is 2.65 bits per heavy atom. The van der Waals surface area contributed by atoms with Crippen molar-refractivity contribution in [2.75, 3.05) is 39.5 Å². The van der Waals surface area contributed by atoms with E-state index in [1.54, 1.807) is 4.90 Å². The number of aromatic amines is 1. The number of morpholine rings is 1. The van der Waals surface area contributed by atoms with E-state index >= 15 is 0 Å². The molecule has 3 aliphatic heterocycles. The Labute approximate surface area is 234 Å². The van der Waals surface area contributed by atoms with Gasteiger partial charge >= 0.3 is 6.09 Å². The molecule has 6 rings (SSSR count). The summed E-state index contributed by atoms with van der Waals surface area (Å²) in [7, 11) is 0. The fourth-order valence-electron chi connectivity index (χ4n) is 5.94. The van der Waals surface area contributed by atoms with Crippen molar-refractivity contribution in [2.45, 2.75) is 59.2 Å². The van der Waals surface area contributed by atoms with Gasteiger partial charge in [0.15, 0.2) is 0 Å². The highest BCUT2D eigenvalue weighted by Crippen LogP contribution is 2.39. The molecule has 2 aromatic heterocycles. The molecule has 212 valence electrons. The number of aromatic nitrogens is 2. The first-order valence-electron chi connectivity index (χ1n) is 14.1. The zero-order valence-electron chi connectivity index (χ0n) is 24.0. The largest absolute Gasteiger partial charge is 0.444 e. The van der Waals surface area contributed by atoms with Crippen molar-refractivity contribution < 1.29 is 23.8 Å². The summed E-state index contributed by atoms with van der Waals surface area (Å²) in [4.78, 5) is 38.5. The van der Waals surface area contributed by atoms with Crippen molar-refractivity contribution in [3.05, 3.63) is 52.8 Å². The van der Waals surface area contributed by atoms with Gasteiger partial charge in [-0.15, -0.1) is 0 Å². The summed E-state index contributed by atoms with van der Waals surface area (Å²) in [6.45, 7) is 13.0. The van der Waals surface area contributed by atoms with Crippen molar-refractivity contribution >= 4 is 23.0 Å². The van der Waals surface area contributed by atoms with Crippen molar-refractivity contribution in [2.24, 2.45) is 5.41 Å². The van der Waals surface area contributed by atoms with Gasteiger partial charge in [-0.1, -0.05) is 6.07 Å². The van der Waals surface area contributed by atoms with Gasteiger partial charge < -0.3 is 24.1 Å². The Morgan fingerprint density at radius 2 is 1.93 bits per heavy atom. The lowest BCUT2D eigenvalue weighted by atomic mass is 9.83. The number of aryl methyl sites for hydroxylation is 1. The van der Waals surface area contributed by atoms with E-state index in [9.17, 15) is 9.59 Å². The normalized spacial score (nSPS) is 20.7. The van der Waals surface area contributed by atoms with E-state index in [1.165, 1.54) is 5.56 Å². The van der Waals surface area contributed by atoms with E-state index in [1.807, 2.05) is 45.0 Å². The van der Waals surface area contributed by atoms with Gasteiger partial charge in [-0.05, 0) is 81.0 Å². The smallest absolute Gasteiger partial charge is 0.410 e. The van der Waals surface area contributed by atoms with Crippen LogP contribution in [0.15, 0.2) is 30.6 Å². The topological polar surface area (TPSA) is 97.0 Å². The Kier molecular flexibility index (Phi) is 6.62. The highest BCUT2D eigenvalue weighted by atomic mass is 16.6. The summed E-state index contributed by atoms with van der Waals surface area (Å²) >= 11 is 0.